The first-order chi connectivity index (χ1) is 11.3. The summed E-state index contributed by atoms with van der Waals surface area (Å²) >= 11 is 3.75. The monoisotopic (exact) mass is 362 g/mol. The molecule has 0 aliphatic carbocycles. The summed E-state index contributed by atoms with van der Waals surface area (Å²) < 4.78 is 2.42. The van der Waals surface area contributed by atoms with E-state index in [1.807, 2.05) is 6.92 Å². The van der Waals surface area contributed by atoms with Crippen LogP contribution in [0, 0.1) is 5.41 Å². The van der Waals surface area contributed by atoms with Crippen LogP contribution in [0.2, 0.25) is 0 Å². The molecule has 0 aromatic carbocycles. The summed E-state index contributed by atoms with van der Waals surface area (Å²) in [7, 11) is 0. The number of guanidine groups is 1. The van der Waals surface area contributed by atoms with Crippen LogP contribution in [0.5, 0.6) is 0 Å². The molecule has 0 aliphatic rings. The molecule has 0 saturated heterocycles. The zero-order valence-electron chi connectivity index (χ0n) is 13.7. The van der Waals surface area contributed by atoms with Gasteiger partial charge >= 0.3 is 5.97 Å². The zero-order valence-corrected chi connectivity index (χ0v) is 14.6. The Morgan fingerprint density at radius 3 is 2.54 bits per heavy atom. The molecule has 0 aromatic rings. The summed E-state index contributed by atoms with van der Waals surface area (Å²) in [5.74, 6) is -2.18. The molecule has 0 rings (SSSR count). The normalized spacial score (nSPS) is 11.4. The number of nitrogens with zero attached hydrogens (tertiary/aromatic N) is 1. The Labute approximate surface area is 146 Å². The van der Waals surface area contributed by atoms with Crippen LogP contribution >= 0.6 is 12.8 Å². The lowest BCUT2D eigenvalue weighted by atomic mass is 10.1. The number of nitrogens with one attached hydrogen (secondary N) is 4. The molecule has 2 amide bonds. The largest absolute Gasteiger partial charge is 0.480 e. The van der Waals surface area contributed by atoms with Crippen LogP contribution in [0.15, 0.2) is 0 Å². The van der Waals surface area contributed by atoms with Gasteiger partial charge in [-0.15, -0.1) is 0 Å². The predicted molar refractivity (Wildman–Crippen MR) is 92.6 cm³/mol. The number of carbonyl (C=O) groups excluding carboxylic acids is 2. The number of nitrogens with two attached hydrogens (primary N) is 1. The van der Waals surface area contributed by atoms with Gasteiger partial charge in [-0.2, -0.15) is 0 Å². The third-order valence-electron chi connectivity index (χ3n) is 3.03. The second-order valence-corrected chi connectivity index (χ2v) is 5.41. The summed E-state index contributed by atoms with van der Waals surface area (Å²) in [6.45, 7) is 2.37. The first kappa shape index (κ1) is 22.0. The smallest absolute Gasteiger partial charge is 0.326 e. The van der Waals surface area contributed by atoms with Crippen molar-refractivity contribution in [1.29, 1.82) is 5.41 Å². The molecule has 0 spiro atoms. The third-order valence-corrected chi connectivity index (χ3v) is 3.19. The van der Waals surface area contributed by atoms with Crippen LogP contribution in [0.4, 0.5) is 0 Å². The topological polar surface area (TPSA) is 161 Å². The lowest BCUT2D eigenvalue weighted by Crippen LogP contribution is -2.48. The summed E-state index contributed by atoms with van der Waals surface area (Å²) in [4.78, 5) is 36.4. The highest BCUT2D eigenvalue weighted by molar-refractivity contribution is 7.78. The predicted octanol–water partition coefficient (Wildman–Crippen LogP) is -1.51. The molecule has 1 atom stereocenters. The maximum absolute atomic E-state index is 12.0. The van der Waals surface area contributed by atoms with Gasteiger partial charge in [0.25, 0.3) is 0 Å². The van der Waals surface area contributed by atoms with Gasteiger partial charge in [-0.3, -0.25) is 19.7 Å². The van der Waals surface area contributed by atoms with Crippen molar-refractivity contribution in [2.45, 2.75) is 32.2 Å². The summed E-state index contributed by atoms with van der Waals surface area (Å²) in [5.41, 5.74) is 5.12. The molecule has 11 heteroatoms. The average Bonchev–Trinajstić information content (AvgIpc) is 2.49. The molecular formula is C13H26N6O4S. The minimum atomic E-state index is -1.16. The van der Waals surface area contributed by atoms with Crippen molar-refractivity contribution in [1.82, 2.24) is 20.3 Å². The minimum Gasteiger partial charge on any atom is -0.480 e. The highest BCUT2D eigenvalue weighted by Crippen LogP contribution is 1.99. The van der Waals surface area contributed by atoms with Crippen LogP contribution in [-0.4, -0.2) is 66.0 Å². The lowest BCUT2D eigenvalue weighted by Gasteiger charge is -2.22. The highest BCUT2D eigenvalue weighted by atomic mass is 32.1. The van der Waals surface area contributed by atoms with Crippen molar-refractivity contribution >= 4 is 36.6 Å². The van der Waals surface area contributed by atoms with Crippen LogP contribution in [0.3, 0.4) is 0 Å². The molecule has 10 nitrogen and oxygen atoms in total. The number of aliphatic carboxylic acids is 1. The average molecular weight is 362 g/mol. The Morgan fingerprint density at radius 1 is 1.38 bits per heavy atom. The maximum Gasteiger partial charge on any atom is 0.326 e. The molecule has 0 aliphatic heterocycles. The molecular weight excluding hydrogens is 336 g/mol. The SMILES string of the molecule is CCCN(CC(=O)N[C@@H](CCCNC(=N)N)C(=O)O)C(=O)CNS. The van der Waals surface area contributed by atoms with Crippen molar-refractivity contribution in [3.63, 3.8) is 0 Å². The Morgan fingerprint density at radius 2 is 2.04 bits per heavy atom. The van der Waals surface area contributed by atoms with E-state index in [4.69, 9.17) is 16.2 Å². The Hall–Kier alpha value is -2.01. The molecule has 0 aromatic heterocycles. The second-order valence-electron chi connectivity index (χ2n) is 5.09. The van der Waals surface area contributed by atoms with Crippen LogP contribution in [0.1, 0.15) is 26.2 Å². The molecule has 0 unspecified atom stereocenters. The van der Waals surface area contributed by atoms with Crippen molar-refractivity contribution in [2.75, 3.05) is 26.2 Å². The lowest BCUT2D eigenvalue weighted by molar-refractivity contribution is -0.142. The van der Waals surface area contributed by atoms with E-state index in [-0.39, 0.29) is 31.4 Å². The molecule has 138 valence electrons. The van der Waals surface area contributed by atoms with E-state index in [0.29, 0.717) is 25.9 Å². The fourth-order valence-electron chi connectivity index (χ4n) is 1.94. The Bertz CT molecular complexity index is 448. The Kier molecular flexibility index (Phi) is 11.4. The van der Waals surface area contributed by atoms with Gasteiger partial charge in [0.1, 0.15) is 6.04 Å². The highest BCUT2D eigenvalue weighted by Gasteiger charge is 2.22. The van der Waals surface area contributed by atoms with Gasteiger partial charge in [-0.25, -0.2) is 4.79 Å². The number of carbonyl (C=O) groups is 3. The standard InChI is InChI=1S/C13H26N6O4S/c1-2-6-19(11(21)7-17-24)8-10(20)18-9(12(22)23)4-3-5-16-13(14)15/h9,17,24H,2-8H2,1H3,(H,18,20)(H,22,23)(H4,14,15,16)/t9-/m0/s1. The fourth-order valence-corrected chi connectivity index (χ4v) is 2.08. The minimum absolute atomic E-state index is 0.0184. The molecule has 0 fully saturated rings. The Balaban J connectivity index is 4.49. The summed E-state index contributed by atoms with van der Waals surface area (Å²) in [6, 6.07) is -1.06. The van der Waals surface area contributed by atoms with Gasteiger partial charge in [0.2, 0.25) is 11.8 Å². The summed E-state index contributed by atoms with van der Waals surface area (Å²) in [6.07, 6.45) is 1.27. The maximum atomic E-state index is 12.0. The molecule has 0 heterocycles. The van der Waals surface area contributed by atoms with E-state index in [0.717, 1.165) is 0 Å². The van der Waals surface area contributed by atoms with Crippen molar-refractivity contribution in [3.05, 3.63) is 0 Å². The fraction of sp³-hybridized carbons (Fsp3) is 0.692. The number of hydrogen-bond acceptors (Lipinski definition) is 6. The van der Waals surface area contributed by atoms with Crippen molar-refractivity contribution in [2.24, 2.45) is 5.73 Å². The van der Waals surface area contributed by atoms with E-state index >= 15 is 0 Å². The van der Waals surface area contributed by atoms with Gasteiger partial charge in [0, 0.05) is 13.1 Å². The molecule has 0 saturated carbocycles. The van der Waals surface area contributed by atoms with Crippen LogP contribution in [0.25, 0.3) is 0 Å². The van der Waals surface area contributed by atoms with E-state index in [1.165, 1.54) is 4.90 Å². The van der Waals surface area contributed by atoms with Gasteiger partial charge in [0.15, 0.2) is 5.96 Å². The first-order valence-electron chi connectivity index (χ1n) is 7.56. The number of carboxylic acids is 1. The van der Waals surface area contributed by atoms with Gasteiger partial charge in [0.05, 0.1) is 13.1 Å². The van der Waals surface area contributed by atoms with Gasteiger partial charge < -0.3 is 26.4 Å². The molecule has 24 heavy (non-hydrogen) atoms. The van der Waals surface area contributed by atoms with Crippen molar-refractivity contribution < 1.29 is 19.5 Å². The van der Waals surface area contributed by atoms with Gasteiger partial charge in [-0.1, -0.05) is 19.7 Å². The van der Waals surface area contributed by atoms with Crippen LogP contribution < -0.4 is 21.1 Å². The van der Waals surface area contributed by atoms with E-state index in [1.54, 1.807) is 0 Å². The molecule has 0 bridgehead atoms. The third kappa shape index (κ3) is 9.90. The number of hydrogen-bond donors (Lipinski definition) is 7. The molecule has 7 N–H and O–H groups in total. The van der Waals surface area contributed by atoms with Crippen molar-refractivity contribution in [3.8, 4) is 0 Å². The first-order valence-corrected chi connectivity index (χ1v) is 8.01. The number of carboxylic acid groups (broad SMARTS) is 1. The zero-order chi connectivity index (χ0) is 18.5. The van der Waals surface area contributed by atoms with Gasteiger partial charge in [-0.05, 0) is 19.3 Å². The van der Waals surface area contributed by atoms with E-state index < -0.39 is 17.9 Å². The van der Waals surface area contributed by atoms with E-state index in [9.17, 15) is 14.4 Å². The number of thiol groups is 1. The van der Waals surface area contributed by atoms with E-state index in [2.05, 4.69) is 28.2 Å². The second kappa shape index (κ2) is 12.4. The summed E-state index contributed by atoms with van der Waals surface area (Å²) in [5, 5.41) is 21.1. The quantitative estimate of drug-likeness (QED) is 0.0961. The number of amides is 2. The van der Waals surface area contributed by atoms with Crippen LogP contribution in [-0.2, 0) is 14.4 Å². The molecule has 0 radical (unpaired) electrons. The number of rotatable bonds is 12.